The zero-order valence-corrected chi connectivity index (χ0v) is 26.7. The summed E-state index contributed by atoms with van der Waals surface area (Å²) in [5, 5.41) is 10.6. The summed E-state index contributed by atoms with van der Waals surface area (Å²) in [6, 6.07) is 12.9. The van der Waals surface area contributed by atoms with Crippen LogP contribution in [-0.4, -0.2) is 81.6 Å². The number of carbonyl (C=O) groups is 1. The number of imidazole rings is 1. The molecule has 1 N–H and O–H groups in total. The Labute approximate surface area is 275 Å². The summed E-state index contributed by atoms with van der Waals surface area (Å²) in [5.41, 5.74) is 3.04. The summed E-state index contributed by atoms with van der Waals surface area (Å²) in [6.07, 6.45) is 3.58. The third-order valence-corrected chi connectivity index (χ3v) is 9.98. The van der Waals surface area contributed by atoms with E-state index in [4.69, 9.17) is 47.1 Å². The zero-order valence-electron chi connectivity index (χ0n) is 25.2. The first kappa shape index (κ1) is 29.8. The number of pyridine rings is 1. The molecule has 11 nitrogen and oxygen atoms in total. The number of fused-ring (bicyclic) bond motifs is 3. The number of ether oxygens (including phenoxy) is 4. The zero-order chi connectivity index (χ0) is 31.6. The Hall–Kier alpha value is -3.61. The highest BCUT2D eigenvalue weighted by Gasteiger charge is 2.46. The topological polar surface area (TPSA) is 111 Å². The van der Waals surface area contributed by atoms with Crippen molar-refractivity contribution in [1.29, 1.82) is 0 Å². The third kappa shape index (κ3) is 5.14. The SMILES string of the molecule is C[C@]1(c2ccc(Cl)cn2)Oc2cccc(N3CCN(Cc4nc5c(Cl)cc(C(=O)O)cc5n4C[C@@H]4CCCO4)[C@@H]4COC[C@@H]43)c2O1. The predicted octanol–water partition coefficient (Wildman–Crippen LogP) is 5.35. The van der Waals surface area contributed by atoms with Crippen molar-refractivity contribution in [3.8, 4) is 11.5 Å². The molecule has 4 aromatic rings. The normalized spacial score (nSPS) is 25.8. The number of carboxylic acids is 1. The van der Waals surface area contributed by atoms with Crippen LogP contribution in [0.1, 0.15) is 41.6 Å². The number of aromatic carboxylic acids is 1. The van der Waals surface area contributed by atoms with Crippen molar-refractivity contribution in [2.75, 3.05) is 37.8 Å². The fourth-order valence-corrected chi connectivity index (χ4v) is 7.55. The largest absolute Gasteiger partial charge is 0.478 e. The minimum atomic E-state index is -1.08. The lowest BCUT2D eigenvalue weighted by atomic mass is 10.0. The number of nitrogens with zero attached hydrogens (tertiary/aromatic N) is 5. The van der Waals surface area contributed by atoms with Crippen LogP contribution in [0.5, 0.6) is 11.5 Å². The fourth-order valence-electron chi connectivity index (χ4n) is 7.18. The summed E-state index contributed by atoms with van der Waals surface area (Å²) in [4.78, 5) is 26.1. The van der Waals surface area contributed by atoms with Crippen LogP contribution in [0.4, 0.5) is 5.69 Å². The minimum Gasteiger partial charge on any atom is -0.478 e. The van der Waals surface area contributed by atoms with Gasteiger partial charge in [0.1, 0.15) is 17.0 Å². The second-order valence-corrected chi connectivity index (χ2v) is 13.2. The standard InChI is InChI=1S/C33H33Cl2N5O6/c1-33(28-8-7-20(34)14-36-28)45-27-6-2-5-23(31(27)46-33)39-10-9-38(25-17-43-18-26(25)39)16-29-37-30-22(35)12-19(32(41)42)13-24(30)40(29)15-21-4-3-11-44-21/h2,5-8,12-14,21,25-26H,3-4,9-11,15-18H2,1H3,(H,41,42)/t21-,25+,26-,33-/m0/s1. The first-order chi connectivity index (χ1) is 22.3. The molecular weight excluding hydrogens is 633 g/mol. The summed E-state index contributed by atoms with van der Waals surface area (Å²) in [5.74, 6) is 0.0694. The van der Waals surface area contributed by atoms with Crippen LogP contribution in [0.3, 0.4) is 0 Å². The van der Waals surface area contributed by atoms with Gasteiger partial charge in [0.15, 0.2) is 11.5 Å². The van der Waals surface area contributed by atoms with Crippen LogP contribution < -0.4 is 14.4 Å². The highest BCUT2D eigenvalue weighted by atomic mass is 35.5. The number of hydrogen-bond acceptors (Lipinski definition) is 9. The molecule has 13 heteroatoms. The van der Waals surface area contributed by atoms with Crippen LogP contribution in [-0.2, 0) is 28.4 Å². The van der Waals surface area contributed by atoms with E-state index in [9.17, 15) is 9.90 Å². The van der Waals surface area contributed by atoms with E-state index in [0.717, 1.165) is 44.0 Å². The minimum absolute atomic E-state index is 0.0407. The van der Waals surface area contributed by atoms with Crippen molar-refractivity contribution in [1.82, 2.24) is 19.4 Å². The van der Waals surface area contributed by atoms with E-state index < -0.39 is 11.8 Å². The van der Waals surface area contributed by atoms with Gasteiger partial charge in [-0.2, -0.15) is 0 Å². The van der Waals surface area contributed by atoms with Gasteiger partial charge in [0, 0.05) is 32.8 Å². The molecule has 0 spiro atoms. The molecule has 3 saturated heterocycles. The first-order valence-electron chi connectivity index (χ1n) is 15.5. The number of carboxylic acid groups (broad SMARTS) is 1. The maximum atomic E-state index is 11.9. The molecule has 4 atom stereocenters. The van der Waals surface area contributed by atoms with Crippen LogP contribution >= 0.6 is 23.2 Å². The van der Waals surface area contributed by atoms with Crippen LogP contribution in [0.15, 0.2) is 48.7 Å². The molecule has 0 amide bonds. The molecule has 6 heterocycles. The molecule has 2 aromatic carbocycles. The number of aromatic nitrogens is 3. The van der Waals surface area contributed by atoms with Gasteiger partial charge in [0.05, 0.1) is 71.3 Å². The lowest BCUT2D eigenvalue weighted by Gasteiger charge is -2.44. The maximum Gasteiger partial charge on any atom is 0.335 e. The van der Waals surface area contributed by atoms with Gasteiger partial charge in [-0.25, -0.2) is 9.78 Å². The average molecular weight is 667 g/mol. The van der Waals surface area contributed by atoms with Gasteiger partial charge in [-0.1, -0.05) is 29.3 Å². The molecule has 240 valence electrons. The number of benzene rings is 2. The Morgan fingerprint density at radius 3 is 2.76 bits per heavy atom. The van der Waals surface area contributed by atoms with Gasteiger partial charge in [-0.3, -0.25) is 9.88 Å². The lowest BCUT2D eigenvalue weighted by molar-refractivity contribution is -0.0716. The summed E-state index contributed by atoms with van der Waals surface area (Å²) >= 11 is 12.7. The van der Waals surface area contributed by atoms with Crippen LogP contribution in [0.2, 0.25) is 10.0 Å². The molecule has 46 heavy (non-hydrogen) atoms. The summed E-state index contributed by atoms with van der Waals surface area (Å²) in [6.45, 7) is 6.37. The van der Waals surface area contributed by atoms with Crippen LogP contribution in [0, 0.1) is 0 Å². The Morgan fingerprint density at radius 2 is 1.98 bits per heavy atom. The quantitative estimate of drug-likeness (QED) is 0.277. The van der Waals surface area contributed by atoms with Gasteiger partial charge < -0.3 is 33.5 Å². The van der Waals surface area contributed by atoms with Gasteiger partial charge in [0.2, 0.25) is 0 Å². The second-order valence-electron chi connectivity index (χ2n) is 12.4. The van der Waals surface area contributed by atoms with Gasteiger partial charge in [-0.15, -0.1) is 0 Å². The van der Waals surface area contributed by atoms with E-state index in [1.807, 2.05) is 25.1 Å². The molecule has 0 unspecified atom stereocenters. The maximum absolute atomic E-state index is 11.9. The number of halogens is 2. The molecule has 8 rings (SSSR count). The van der Waals surface area contributed by atoms with Crippen molar-refractivity contribution < 1.29 is 28.8 Å². The first-order valence-corrected chi connectivity index (χ1v) is 16.3. The summed E-state index contributed by atoms with van der Waals surface area (Å²) < 4.78 is 27.0. The van der Waals surface area contributed by atoms with E-state index in [1.54, 1.807) is 18.3 Å². The smallest absolute Gasteiger partial charge is 0.335 e. The fraction of sp³-hybridized carbons (Fsp3) is 0.424. The predicted molar refractivity (Wildman–Crippen MR) is 171 cm³/mol. The van der Waals surface area contributed by atoms with E-state index in [-0.39, 0.29) is 23.8 Å². The summed E-state index contributed by atoms with van der Waals surface area (Å²) in [7, 11) is 0. The number of rotatable bonds is 7. The van der Waals surface area contributed by atoms with Crippen molar-refractivity contribution in [2.24, 2.45) is 0 Å². The van der Waals surface area contributed by atoms with Crippen molar-refractivity contribution in [3.05, 3.63) is 75.8 Å². The van der Waals surface area contributed by atoms with E-state index in [2.05, 4.69) is 25.4 Å². The molecule has 0 aliphatic carbocycles. The monoisotopic (exact) mass is 665 g/mol. The average Bonchev–Trinajstić information content (AvgIpc) is 3.85. The molecule has 0 bridgehead atoms. The number of anilines is 1. The molecule has 4 aliphatic heterocycles. The van der Waals surface area contributed by atoms with E-state index >= 15 is 0 Å². The van der Waals surface area contributed by atoms with Gasteiger partial charge in [0.25, 0.3) is 5.79 Å². The Bertz CT molecular complexity index is 1810. The second kappa shape index (κ2) is 11.6. The molecule has 2 aromatic heterocycles. The van der Waals surface area contributed by atoms with Crippen molar-refractivity contribution in [3.63, 3.8) is 0 Å². The molecule has 0 radical (unpaired) electrons. The third-order valence-electron chi connectivity index (χ3n) is 9.47. The molecule has 3 fully saturated rings. The van der Waals surface area contributed by atoms with Gasteiger partial charge >= 0.3 is 5.97 Å². The molecule has 4 aliphatic rings. The van der Waals surface area contributed by atoms with Crippen molar-refractivity contribution >= 4 is 45.9 Å². The number of hydrogen-bond donors (Lipinski definition) is 1. The van der Waals surface area contributed by atoms with E-state index in [0.29, 0.717) is 64.6 Å². The Morgan fingerprint density at radius 1 is 1.11 bits per heavy atom. The lowest BCUT2D eigenvalue weighted by Crippen LogP contribution is -2.59. The molecular formula is C33H33Cl2N5O6. The number of piperazine rings is 1. The van der Waals surface area contributed by atoms with Gasteiger partial charge in [-0.05, 0) is 49.2 Å². The Kier molecular flexibility index (Phi) is 7.49. The highest BCUT2D eigenvalue weighted by Crippen LogP contribution is 2.50. The number of para-hydroxylation sites is 1. The van der Waals surface area contributed by atoms with Crippen molar-refractivity contribution in [2.45, 2.75) is 56.8 Å². The Balaban J connectivity index is 1.08. The van der Waals surface area contributed by atoms with E-state index in [1.165, 1.54) is 6.07 Å². The highest BCUT2D eigenvalue weighted by molar-refractivity contribution is 6.35. The molecule has 0 saturated carbocycles. The van der Waals surface area contributed by atoms with Crippen LogP contribution in [0.25, 0.3) is 11.0 Å².